The standard InChI is InChI=1S/C31H4F17N5/c32-19-9(4-52)20(33)25(38)15(24(19)37)7(2-50)12-11(13(12)8(3-51)16-26(39)21(34)10(5-53)22(35)27(16)40)6(1-49)14-17(30(43,44)45)28(41)18(31(46,47)48)29(42)23(14)36/h6-7,11-12H/b13-8-/t6?,7-,11?,12?/m0/s1. The third-order valence-corrected chi connectivity index (χ3v) is 7.97. The van der Waals surface area contributed by atoms with E-state index < -0.39 is 150 Å². The van der Waals surface area contributed by atoms with E-state index in [1.165, 1.54) is 0 Å². The summed E-state index contributed by atoms with van der Waals surface area (Å²) in [6.45, 7) is 0. The van der Waals surface area contributed by atoms with Gasteiger partial charge < -0.3 is 0 Å². The number of benzene rings is 3. The zero-order valence-corrected chi connectivity index (χ0v) is 24.5. The van der Waals surface area contributed by atoms with E-state index in [9.17, 15) is 68.5 Å². The van der Waals surface area contributed by atoms with Gasteiger partial charge in [0.05, 0.1) is 46.7 Å². The molecular formula is C31H4F17N5. The van der Waals surface area contributed by atoms with Crippen molar-refractivity contribution in [2.75, 3.05) is 0 Å². The predicted molar refractivity (Wildman–Crippen MR) is 135 cm³/mol. The van der Waals surface area contributed by atoms with Crippen LogP contribution in [-0.2, 0) is 12.4 Å². The first-order valence-electron chi connectivity index (χ1n) is 13.3. The van der Waals surface area contributed by atoms with Gasteiger partial charge in [0.2, 0.25) is 0 Å². The summed E-state index contributed by atoms with van der Waals surface area (Å²) < 4.78 is 246. The Morgan fingerprint density at radius 1 is 0.453 bits per heavy atom. The van der Waals surface area contributed by atoms with Crippen molar-refractivity contribution in [3.05, 3.63) is 109 Å². The second-order valence-electron chi connectivity index (χ2n) is 10.6. The molecule has 3 aromatic rings. The summed E-state index contributed by atoms with van der Waals surface area (Å²) in [6.07, 6.45) is -12.9. The molecule has 0 amide bonds. The van der Waals surface area contributed by atoms with E-state index in [-0.39, 0.29) is 0 Å². The molecule has 4 rings (SSSR count). The van der Waals surface area contributed by atoms with Crippen LogP contribution < -0.4 is 0 Å². The number of nitrogens with zero attached hydrogens (tertiary/aromatic N) is 5. The largest absolute Gasteiger partial charge is 0.422 e. The molecule has 0 heterocycles. The van der Waals surface area contributed by atoms with Gasteiger partial charge in [0.1, 0.15) is 28.8 Å². The van der Waals surface area contributed by atoms with Gasteiger partial charge in [-0.2, -0.15) is 52.7 Å². The molecule has 272 valence electrons. The highest BCUT2D eigenvalue weighted by Crippen LogP contribution is 2.64. The van der Waals surface area contributed by atoms with Crippen LogP contribution in [-0.4, -0.2) is 0 Å². The lowest BCUT2D eigenvalue weighted by molar-refractivity contribution is -0.150. The summed E-state index contributed by atoms with van der Waals surface area (Å²) in [6, 6.07) is 3.86. The van der Waals surface area contributed by atoms with Gasteiger partial charge in [-0.25, -0.2) is 48.3 Å². The highest BCUT2D eigenvalue weighted by molar-refractivity contribution is 5.85. The molecule has 0 saturated heterocycles. The van der Waals surface area contributed by atoms with Crippen LogP contribution in [0.2, 0.25) is 0 Å². The molecule has 3 unspecified atom stereocenters. The van der Waals surface area contributed by atoms with Gasteiger partial charge in [0, 0.05) is 23.0 Å². The summed E-state index contributed by atoms with van der Waals surface area (Å²) in [7, 11) is 0. The van der Waals surface area contributed by atoms with Gasteiger partial charge >= 0.3 is 12.4 Å². The molecule has 4 atom stereocenters. The molecule has 5 nitrogen and oxygen atoms in total. The third-order valence-electron chi connectivity index (χ3n) is 7.97. The maximum absolute atomic E-state index is 15.4. The van der Waals surface area contributed by atoms with Gasteiger partial charge in [-0.05, 0) is 5.57 Å². The van der Waals surface area contributed by atoms with Crippen LogP contribution in [0.1, 0.15) is 50.8 Å². The van der Waals surface area contributed by atoms with E-state index >= 15 is 22.0 Å². The SMILES string of the molecule is N#C/C(=C1\C(C(C#N)c2c(F)c(F)c(C(F)(F)F)c(F)c2C(F)(F)F)C1[C@H](C#N)c1c(F)c(F)c(C#N)c(F)c1F)c1c(F)c(F)c(C#N)c(F)c1F. The molecule has 1 aliphatic rings. The highest BCUT2D eigenvalue weighted by atomic mass is 19.4. The minimum atomic E-state index is -6.51. The minimum absolute atomic E-state index is 0.682. The molecule has 1 saturated carbocycles. The lowest BCUT2D eigenvalue weighted by atomic mass is 9.84. The maximum atomic E-state index is 15.4. The second-order valence-corrected chi connectivity index (χ2v) is 10.6. The molecule has 3 aromatic carbocycles. The molecule has 22 heteroatoms. The second kappa shape index (κ2) is 13.3. The number of allylic oxidation sites excluding steroid dienone is 2. The van der Waals surface area contributed by atoms with E-state index in [1.807, 2.05) is 0 Å². The van der Waals surface area contributed by atoms with E-state index in [0.29, 0.717) is 12.1 Å². The van der Waals surface area contributed by atoms with Crippen molar-refractivity contribution in [2.45, 2.75) is 24.2 Å². The average Bonchev–Trinajstić information content (AvgIpc) is 3.78. The molecule has 0 radical (unpaired) electrons. The van der Waals surface area contributed by atoms with Gasteiger partial charge in [-0.15, -0.1) is 0 Å². The van der Waals surface area contributed by atoms with Crippen molar-refractivity contribution < 1.29 is 74.6 Å². The van der Waals surface area contributed by atoms with Crippen LogP contribution in [0, 0.1) is 132 Å². The minimum Gasteiger partial charge on any atom is -0.206 e. The van der Waals surface area contributed by atoms with Gasteiger partial charge in [0.25, 0.3) is 0 Å². The fraction of sp³-hybridized carbons (Fsp3) is 0.194. The molecule has 0 aliphatic heterocycles. The fourth-order valence-corrected chi connectivity index (χ4v) is 5.79. The smallest absolute Gasteiger partial charge is 0.206 e. The lowest BCUT2D eigenvalue weighted by Gasteiger charge is -2.22. The van der Waals surface area contributed by atoms with E-state index in [1.54, 1.807) is 0 Å². The Hall–Kier alpha value is -6.34. The van der Waals surface area contributed by atoms with Crippen molar-refractivity contribution in [1.82, 2.24) is 0 Å². The molecular weight excluding hydrogens is 765 g/mol. The average molecular weight is 769 g/mol. The predicted octanol–water partition coefficient (Wildman–Crippen LogP) is 9.14. The number of halogens is 17. The Kier molecular flexibility index (Phi) is 9.92. The number of nitriles is 5. The number of alkyl halides is 6. The van der Waals surface area contributed by atoms with E-state index in [4.69, 9.17) is 10.5 Å². The third kappa shape index (κ3) is 5.88. The molecule has 1 aliphatic carbocycles. The van der Waals surface area contributed by atoms with Crippen LogP contribution in [0.25, 0.3) is 5.57 Å². The van der Waals surface area contributed by atoms with Crippen LogP contribution in [0.15, 0.2) is 5.57 Å². The fourth-order valence-electron chi connectivity index (χ4n) is 5.79. The van der Waals surface area contributed by atoms with Crippen molar-refractivity contribution in [2.24, 2.45) is 11.8 Å². The van der Waals surface area contributed by atoms with Crippen LogP contribution in [0.4, 0.5) is 74.6 Å². The summed E-state index contributed by atoms with van der Waals surface area (Å²) in [4.78, 5) is 0. The van der Waals surface area contributed by atoms with E-state index in [2.05, 4.69) is 0 Å². The number of hydrogen-bond acceptors (Lipinski definition) is 5. The number of rotatable bonds is 5. The van der Waals surface area contributed by atoms with E-state index in [0.717, 1.165) is 18.2 Å². The first-order valence-corrected chi connectivity index (χ1v) is 13.3. The van der Waals surface area contributed by atoms with Crippen LogP contribution >= 0.6 is 0 Å². The topological polar surface area (TPSA) is 119 Å². The van der Waals surface area contributed by atoms with Gasteiger partial charge in [-0.3, -0.25) is 0 Å². The van der Waals surface area contributed by atoms with Crippen LogP contribution in [0.3, 0.4) is 0 Å². The molecule has 53 heavy (non-hydrogen) atoms. The van der Waals surface area contributed by atoms with Crippen LogP contribution in [0.5, 0.6) is 0 Å². The summed E-state index contributed by atoms with van der Waals surface area (Å²) in [5.74, 6) is -43.6. The molecule has 1 fully saturated rings. The Bertz CT molecular complexity index is 2320. The lowest BCUT2D eigenvalue weighted by Crippen LogP contribution is -2.24. The first kappa shape index (κ1) is 39.4. The first-order chi connectivity index (χ1) is 24.5. The molecule has 0 N–H and O–H groups in total. The quantitative estimate of drug-likeness (QED) is 0.146. The zero-order valence-electron chi connectivity index (χ0n) is 24.5. The zero-order chi connectivity index (χ0) is 40.4. The normalized spacial score (nSPS) is 17.5. The molecule has 0 bridgehead atoms. The van der Waals surface area contributed by atoms with Crippen molar-refractivity contribution in [1.29, 1.82) is 26.3 Å². The summed E-state index contributed by atoms with van der Waals surface area (Å²) in [5, 5.41) is 47.3. The number of hydrogen-bond donors (Lipinski definition) is 0. The highest BCUT2D eigenvalue weighted by Gasteiger charge is 2.60. The van der Waals surface area contributed by atoms with Gasteiger partial charge in [-0.1, -0.05) is 0 Å². The summed E-state index contributed by atoms with van der Waals surface area (Å²) in [5.41, 5.74) is -21.5. The van der Waals surface area contributed by atoms with Crippen molar-refractivity contribution in [3.63, 3.8) is 0 Å². The Morgan fingerprint density at radius 2 is 0.811 bits per heavy atom. The molecule has 0 spiro atoms. The Balaban J connectivity index is 2.24. The monoisotopic (exact) mass is 769 g/mol. The summed E-state index contributed by atoms with van der Waals surface area (Å²) >= 11 is 0. The Labute approximate surface area is 281 Å². The Morgan fingerprint density at radius 3 is 1.15 bits per heavy atom. The van der Waals surface area contributed by atoms with Gasteiger partial charge in [0.15, 0.2) is 64.0 Å². The van der Waals surface area contributed by atoms with Crippen molar-refractivity contribution >= 4 is 5.57 Å². The molecule has 0 aromatic heterocycles. The van der Waals surface area contributed by atoms with Crippen molar-refractivity contribution in [3.8, 4) is 30.3 Å². The maximum Gasteiger partial charge on any atom is 0.422 e.